The number of carbonyl (C=O) groups excluding carboxylic acids is 1. The van der Waals surface area contributed by atoms with Gasteiger partial charge >= 0.3 is 12.2 Å². The molecular formula is C23H39N3O5Si. The number of likely N-dealkylation sites (tertiary alicyclic amines) is 1. The zero-order valence-electron chi connectivity index (χ0n) is 20.9. The fourth-order valence-corrected chi connectivity index (χ4v) is 4.84. The van der Waals surface area contributed by atoms with Crippen molar-refractivity contribution in [1.82, 2.24) is 9.88 Å². The van der Waals surface area contributed by atoms with Crippen LogP contribution < -0.4 is 5.32 Å². The molecular weight excluding hydrogens is 426 g/mol. The minimum atomic E-state index is -2.07. The summed E-state index contributed by atoms with van der Waals surface area (Å²) >= 11 is 0. The van der Waals surface area contributed by atoms with Crippen LogP contribution in [0.2, 0.25) is 18.1 Å². The van der Waals surface area contributed by atoms with Gasteiger partial charge in [-0.25, -0.2) is 14.6 Å². The first-order valence-corrected chi connectivity index (χ1v) is 14.0. The van der Waals surface area contributed by atoms with Crippen molar-refractivity contribution in [2.24, 2.45) is 5.92 Å². The number of ether oxygens (including phenoxy) is 1. The summed E-state index contributed by atoms with van der Waals surface area (Å²) in [5.41, 5.74) is 1.14. The molecule has 1 aliphatic rings. The van der Waals surface area contributed by atoms with E-state index >= 15 is 0 Å². The molecule has 0 spiro atoms. The topological polar surface area (TPSA) is 101 Å². The predicted octanol–water partition coefficient (Wildman–Crippen LogP) is 5.28. The van der Waals surface area contributed by atoms with E-state index in [1.165, 1.54) is 4.90 Å². The molecule has 2 unspecified atom stereocenters. The Bertz CT molecular complexity index is 845. The molecule has 8 nitrogen and oxygen atoms in total. The molecule has 1 fully saturated rings. The summed E-state index contributed by atoms with van der Waals surface area (Å²) < 4.78 is 11.9. The Morgan fingerprint density at radius 3 is 2.34 bits per heavy atom. The SMILES string of the molecule is Cc1cc(CC2CN(C(=O)O)CC2O[Si](C)(C)C(C)(C)C)nc(NC(=O)OC(C)(C)C)c1. The molecule has 0 radical (unpaired) electrons. The first kappa shape index (κ1) is 26.1. The van der Waals surface area contributed by atoms with E-state index in [4.69, 9.17) is 9.16 Å². The molecule has 2 N–H and O–H groups in total. The number of pyridine rings is 1. The zero-order chi connectivity index (χ0) is 24.5. The van der Waals surface area contributed by atoms with Crippen LogP contribution in [0.4, 0.5) is 15.4 Å². The van der Waals surface area contributed by atoms with Gasteiger partial charge in [-0.15, -0.1) is 0 Å². The Morgan fingerprint density at radius 1 is 1.19 bits per heavy atom. The van der Waals surface area contributed by atoms with Crippen LogP contribution in [0.25, 0.3) is 0 Å². The third kappa shape index (κ3) is 7.20. The number of carboxylic acid groups (broad SMARTS) is 1. The van der Waals surface area contributed by atoms with Crippen LogP contribution in [-0.2, 0) is 15.6 Å². The van der Waals surface area contributed by atoms with Gasteiger partial charge in [0.1, 0.15) is 11.4 Å². The van der Waals surface area contributed by atoms with Crippen LogP contribution in [0.1, 0.15) is 52.8 Å². The maximum Gasteiger partial charge on any atom is 0.413 e. The number of aryl methyl sites for hydroxylation is 1. The first-order chi connectivity index (χ1) is 14.5. The lowest BCUT2D eigenvalue weighted by Gasteiger charge is -2.39. The minimum absolute atomic E-state index is 0.0103. The molecule has 2 amide bonds. The van der Waals surface area contributed by atoms with Crippen molar-refractivity contribution in [3.63, 3.8) is 0 Å². The molecule has 1 aromatic rings. The van der Waals surface area contributed by atoms with E-state index in [9.17, 15) is 14.7 Å². The lowest BCUT2D eigenvalue weighted by atomic mass is 9.99. The van der Waals surface area contributed by atoms with Crippen LogP contribution in [0.15, 0.2) is 12.1 Å². The quantitative estimate of drug-likeness (QED) is 0.574. The molecule has 2 rings (SSSR count). The van der Waals surface area contributed by atoms with Crippen molar-refractivity contribution in [2.75, 3.05) is 18.4 Å². The van der Waals surface area contributed by atoms with Gasteiger partial charge in [0.05, 0.1) is 6.10 Å². The monoisotopic (exact) mass is 465 g/mol. The summed E-state index contributed by atoms with van der Waals surface area (Å²) in [5.74, 6) is 0.410. The molecule has 0 bridgehead atoms. The third-order valence-corrected chi connectivity index (χ3v) is 10.5. The Morgan fingerprint density at radius 2 is 1.81 bits per heavy atom. The third-order valence-electron chi connectivity index (χ3n) is 6.03. The van der Waals surface area contributed by atoms with E-state index in [1.807, 2.05) is 13.0 Å². The van der Waals surface area contributed by atoms with Gasteiger partial charge in [0, 0.05) is 24.7 Å². The maximum absolute atomic E-state index is 12.2. The number of rotatable bonds is 5. The van der Waals surface area contributed by atoms with Crippen LogP contribution in [-0.4, -0.2) is 60.3 Å². The Kier molecular flexibility index (Phi) is 7.66. The van der Waals surface area contributed by atoms with E-state index in [1.54, 1.807) is 26.8 Å². The van der Waals surface area contributed by atoms with Gasteiger partial charge < -0.3 is 19.2 Å². The van der Waals surface area contributed by atoms with Gasteiger partial charge in [0.2, 0.25) is 0 Å². The molecule has 0 aromatic carbocycles. The lowest BCUT2D eigenvalue weighted by molar-refractivity contribution is 0.0635. The number of amides is 2. The van der Waals surface area contributed by atoms with Crippen molar-refractivity contribution in [1.29, 1.82) is 0 Å². The highest BCUT2D eigenvalue weighted by molar-refractivity contribution is 6.74. The molecule has 1 aromatic heterocycles. The van der Waals surface area contributed by atoms with Crippen LogP contribution >= 0.6 is 0 Å². The number of carbonyl (C=O) groups is 2. The van der Waals surface area contributed by atoms with Crippen LogP contribution in [0.3, 0.4) is 0 Å². The summed E-state index contributed by atoms with van der Waals surface area (Å²) in [6.07, 6.45) is -1.11. The summed E-state index contributed by atoms with van der Waals surface area (Å²) in [6.45, 7) is 19.0. The average molecular weight is 466 g/mol. The Balaban J connectivity index is 2.21. The Hall–Kier alpha value is -2.13. The number of aromatic nitrogens is 1. The van der Waals surface area contributed by atoms with Crippen molar-refractivity contribution in [3.8, 4) is 0 Å². The minimum Gasteiger partial charge on any atom is -0.465 e. The summed E-state index contributed by atoms with van der Waals surface area (Å²) in [7, 11) is -2.07. The summed E-state index contributed by atoms with van der Waals surface area (Å²) in [5, 5.41) is 12.3. The van der Waals surface area contributed by atoms with E-state index in [-0.39, 0.29) is 17.1 Å². The molecule has 1 saturated heterocycles. The average Bonchev–Trinajstić information content (AvgIpc) is 2.93. The van der Waals surface area contributed by atoms with Gasteiger partial charge in [-0.3, -0.25) is 5.32 Å². The number of hydrogen-bond acceptors (Lipinski definition) is 5. The molecule has 2 heterocycles. The fourth-order valence-electron chi connectivity index (χ4n) is 3.47. The fraction of sp³-hybridized carbons (Fsp3) is 0.696. The molecule has 9 heteroatoms. The van der Waals surface area contributed by atoms with Crippen molar-refractivity contribution in [2.45, 2.75) is 84.7 Å². The number of nitrogens with one attached hydrogen (secondary N) is 1. The smallest absolute Gasteiger partial charge is 0.413 e. The highest BCUT2D eigenvalue weighted by Gasteiger charge is 2.44. The maximum atomic E-state index is 12.2. The molecule has 1 aliphatic heterocycles. The van der Waals surface area contributed by atoms with E-state index in [0.29, 0.717) is 25.3 Å². The van der Waals surface area contributed by atoms with Crippen LogP contribution in [0.5, 0.6) is 0 Å². The van der Waals surface area contributed by atoms with Crippen molar-refractivity contribution < 1.29 is 23.9 Å². The summed E-state index contributed by atoms with van der Waals surface area (Å²) in [4.78, 5) is 29.8. The van der Waals surface area contributed by atoms with E-state index < -0.39 is 26.1 Å². The molecule has 32 heavy (non-hydrogen) atoms. The number of nitrogens with zero attached hydrogens (tertiary/aromatic N) is 2. The largest absolute Gasteiger partial charge is 0.465 e. The highest BCUT2D eigenvalue weighted by atomic mass is 28.4. The second kappa shape index (κ2) is 9.39. The van der Waals surface area contributed by atoms with E-state index in [0.717, 1.165) is 11.3 Å². The molecule has 0 aliphatic carbocycles. The number of anilines is 1. The van der Waals surface area contributed by atoms with Gasteiger partial charge in [-0.05, 0) is 69.9 Å². The predicted molar refractivity (Wildman–Crippen MR) is 128 cm³/mol. The molecule has 180 valence electrons. The lowest BCUT2D eigenvalue weighted by Crippen LogP contribution is -2.46. The van der Waals surface area contributed by atoms with Crippen molar-refractivity contribution in [3.05, 3.63) is 23.4 Å². The second-order valence-electron chi connectivity index (χ2n) is 11.2. The zero-order valence-corrected chi connectivity index (χ0v) is 21.9. The van der Waals surface area contributed by atoms with Crippen molar-refractivity contribution >= 4 is 26.3 Å². The van der Waals surface area contributed by atoms with Gasteiger partial charge in [0.25, 0.3) is 0 Å². The van der Waals surface area contributed by atoms with Gasteiger partial charge in [0.15, 0.2) is 8.32 Å². The first-order valence-electron chi connectivity index (χ1n) is 11.1. The van der Waals surface area contributed by atoms with Crippen LogP contribution in [0, 0.1) is 12.8 Å². The van der Waals surface area contributed by atoms with Gasteiger partial charge in [-0.2, -0.15) is 0 Å². The summed E-state index contributed by atoms with van der Waals surface area (Å²) in [6, 6.07) is 3.75. The normalized spacial score (nSPS) is 19.7. The van der Waals surface area contributed by atoms with Gasteiger partial charge in [-0.1, -0.05) is 20.8 Å². The second-order valence-corrected chi connectivity index (χ2v) is 16.0. The highest BCUT2D eigenvalue weighted by Crippen LogP contribution is 2.39. The number of hydrogen-bond donors (Lipinski definition) is 2. The molecule has 0 saturated carbocycles. The van der Waals surface area contributed by atoms with E-state index in [2.05, 4.69) is 44.2 Å². The molecule has 2 atom stereocenters. The Labute approximate surface area is 192 Å². The standard InChI is InChI=1S/C23H39N3O5Si/c1-15-10-17(24-19(11-15)25-20(27)30-22(2,3)4)12-16-13-26(21(28)29)14-18(16)31-32(8,9)23(5,6)7/h10-11,16,18H,12-14H2,1-9H3,(H,28,29)(H,24,25,27).